The molecule has 1 aliphatic heterocycles. The van der Waals surface area contributed by atoms with Crippen LogP contribution in [-0.2, 0) is 10.0 Å². The molecule has 4 N–H and O–H groups in total. The number of rotatable bonds is 7. The molecule has 9 heteroatoms. The van der Waals surface area contributed by atoms with Crippen LogP contribution in [0.5, 0.6) is 0 Å². The summed E-state index contributed by atoms with van der Waals surface area (Å²) in [6.07, 6.45) is 3.52. The van der Waals surface area contributed by atoms with Crippen molar-refractivity contribution in [1.29, 1.82) is 0 Å². The Morgan fingerprint density at radius 2 is 2.15 bits per heavy atom. The van der Waals surface area contributed by atoms with Gasteiger partial charge in [-0.3, -0.25) is 9.89 Å². The van der Waals surface area contributed by atoms with Crippen LogP contribution in [0.3, 0.4) is 0 Å². The average Bonchev–Trinajstić information content (AvgIpc) is 2.78. The third kappa shape index (κ3) is 8.22. The first-order valence-electron chi connectivity index (χ1n) is 6.65. The highest BCUT2D eigenvalue weighted by Gasteiger charge is 2.22. The number of aliphatic imine (C=N–C) groups is 1. The average molecular weight is 419 g/mol. The zero-order chi connectivity index (χ0) is 14.3. The molecule has 1 heterocycles. The van der Waals surface area contributed by atoms with Gasteiger partial charge in [-0.1, -0.05) is 6.92 Å². The van der Waals surface area contributed by atoms with Crippen LogP contribution in [0.15, 0.2) is 4.99 Å². The second-order valence-corrected chi connectivity index (χ2v) is 6.58. The number of guanidine groups is 1. The monoisotopic (exact) mass is 419 g/mol. The van der Waals surface area contributed by atoms with Gasteiger partial charge in [0.2, 0.25) is 10.0 Å². The van der Waals surface area contributed by atoms with Crippen LogP contribution in [0.2, 0.25) is 0 Å². The molecule has 0 aromatic rings. The van der Waals surface area contributed by atoms with Gasteiger partial charge < -0.3 is 11.1 Å². The lowest BCUT2D eigenvalue weighted by Crippen LogP contribution is -2.39. The molecule has 1 unspecified atom stereocenters. The molecule has 120 valence electrons. The van der Waals surface area contributed by atoms with Gasteiger partial charge in [0.25, 0.3) is 0 Å². The Morgan fingerprint density at radius 1 is 1.45 bits per heavy atom. The van der Waals surface area contributed by atoms with E-state index in [-0.39, 0.29) is 24.0 Å². The molecule has 1 saturated heterocycles. The summed E-state index contributed by atoms with van der Waals surface area (Å²) >= 11 is 0. The van der Waals surface area contributed by atoms with Crippen LogP contribution in [-0.4, -0.2) is 64.3 Å². The highest BCUT2D eigenvalue weighted by molar-refractivity contribution is 14.0. The second-order valence-electron chi connectivity index (χ2n) is 4.74. The number of nitrogens with one attached hydrogen (secondary N) is 2. The van der Waals surface area contributed by atoms with Gasteiger partial charge in [0.15, 0.2) is 5.96 Å². The largest absolute Gasteiger partial charge is 0.370 e. The molecule has 0 aromatic carbocycles. The van der Waals surface area contributed by atoms with Crippen LogP contribution in [0.4, 0.5) is 0 Å². The van der Waals surface area contributed by atoms with Gasteiger partial charge in [0, 0.05) is 19.1 Å². The Bertz CT molecular complexity index is 402. The fourth-order valence-electron chi connectivity index (χ4n) is 2.20. The Balaban J connectivity index is 0.00000361. The fourth-order valence-corrected chi connectivity index (χ4v) is 2.68. The molecule has 1 aliphatic rings. The number of halogens is 1. The van der Waals surface area contributed by atoms with E-state index in [4.69, 9.17) is 5.73 Å². The molecule has 1 atom stereocenters. The summed E-state index contributed by atoms with van der Waals surface area (Å²) in [5, 5.41) is 2.89. The minimum absolute atomic E-state index is 0. The maximum absolute atomic E-state index is 10.8. The molecular formula is C11H26IN5O2S. The summed E-state index contributed by atoms with van der Waals surface area (Å²) in [7, 11) is -3.14. The van der Waals surface area contributed by atoms with E-state index in [1.54, 1.807) is 0 Å². The number of sulfonamides is 1. The van der Waals surface area contributed by atoms with Gasteiger partial charge >= 0.3 is 0 Å². The van der Waals surface area contributed by atoms with Crippen molar-refractivity contribution in [3.05, 3.63) is 0 Å². The molecule has 0 radical (unpaired) electrons. The van der Waals surface area contributed by atoms with Crippen LogP contribution >= 0.6 is 24.0 Å². The molecule has 1 fully saturated rings. The maximum Gasteiger partial charge on any atom is 0.208 e. The summed E-state index contributed by atoms with van der Waals surface area (Å²) in [5.41, 5.74) is 5.73. The Labute approximate surface area is 138 Å². The van der Waals surface area contributed by atoms with Crippen LogP contribution in [0, 0.1) is 0 Å². The van der Waals surface area contributed by atoms with Gasteiger partial charge in [-0.2, -0.15) is 0 Å². The molecular weight excluding hydrogens is 393 g/mol. The minimum atomic E-state index is -3.14. The lowest BCUT2D eigenvalue weighted by molar-refractivity contribution is 0.273. The molecule has 0 bridgehead atoms. The number of nitrogens with two attached hydrogens (primary N) is 1. The minimum Gasteiger partial charge on any atom is -0.370 e. The number of likely N-dealkylation sites (tertiary alicyclic amines) is 1. The standard InChI is InChI=1S/C11H25N5O2S.HI/c1-3-16-8-4-5-10(16)9-14-11(12)13-6-7-15-19(2,17)18;/h10,15H,3-9H2,1-2H3,(H3,12,13,14);1H. The smallest absolute Gasteiger partial charge is 0.208 e. The number of nitrogens with zero attached hydrogens (tertiary/aromatic N) is 2. The molecule has 0 spiro atoms. The SMILES string of the molecule is CCN1CCCC1CN=C(N)NCCNS(C)(=O)=O.I. The van der Waals surface area contributed by atoms with Gasteiger partial charge in [-0.05, 0) is 25.9 Å². The van der Waals surface area contributed by atoms with E-state index >= 15 is 0 Å². The van der Waals surface area contributed by atoms with Gasteiger partial charge in [0.1, 0.15) is 0 Å². The first kappa shape index (κ1) is 19.9. The van der Waals surface area contributed by atoms with Crippen molar-refractivity contribution in [1.82, 2.24) is 14.9 Å². The van der Waals surface area contributed by atoms with Crippen molar-refractivity contribution in [2.75, 3.05) is 39.0 Å². The van der Waals surface area contributed by atoms with Crippen molar-refractivity contribution in [3.8, 4) is 0 Å². The molecule has 0 saturated carbocycles. The molecule has 0 amide bonds. The molecule has 20 heavy (non-hydrogen) atoms. The summed E-state index contributed by atoms with van der Waals surface area (Å²) in [6, 6.07) is 0.486. The second kappa shape index (κ2) is 9.74. The third-order valence-corrected chi connectivity index (χ3v) is 3.90. The molecule has 0 aliphatic carbocycles. The summed E-state index contributed by atoms with van der Waals surface area (Å²) in [4.78, 5) is 6.71. The van der Waals surface area contributed by atoms with Crippen molar-refractivity contribution in [2.24, 2.45) is 10.7 Å². The zero-order valence-electron chi connectivity index (χ0n) is 12.1. The zero-order valence-corrected chi connectivity index (χ0v) is 15.3. The summed E-state index contributed by atoms with van der Waals surface area (Å²) in [5.74, 6) is 0.373. The Hall–Kier alpha value is -0.130. The van der Waals surface area contributed by atoms with E-state index in [0.29, 0.717) is 31.6 Å². The molecule has 7 nitrogen and oxygen atoms in total. The highest BCUT2D eigenvalue weighted by Crippen LogP contribution is 2.16. The van der Waals surface area contributed by atoms with Crippen molar-refractivity contribution in [2.45, 2.75) is 25.8 Å². The first-order valence-corrected chi connectivity index (χ1v) is 8.54. The van der Waals surface area contributed by atoms with E-state index in [1.165, 1.54) is 12.8 Å². The van der Waals surface area contributed by atoms with Crippen LogP contribution in [0.1, 0.15) is 19.8 Å². The van der Waals surface area contributed by atoms with Crippen molar-refractivity contribution >= 4 is 40.0 Å². The Kier molecular flexibility index (Phi) is 9.68. The first-order chi connectivity index (χ1) is 8.92. The van der Waals surface area contributed by atoms with Gasteiger partial charge in [-0.25, -0.2) is 13.1 Å². The van der Waals surface area contributed by atoms with E-state index in [1.807, 2.05) is 0 Å². The quantitative estimate of drug-likeness (QED) is 0.225. The predicted molar refractivity (Wildman–Crippen MR) is 93.0 cm³/mol. The highest BCUT2D eigenvalue weighted by atomic mass is 127. The Morgan fingerprint density at radius 3 is 2.75 bits per heavy atom. The van der Waals surface area contributed by atoms with E-state index in [9.17, 15) is 8.42 Å². The molecule has 0 aromatic heterocycles. The number of hydrogen-bond acceptors (Lipinski definition) is 4. The van der Waals surface area contributed by atoms with E-state index < -0.39 is 10.0 Å². The van der Waals surface area contributed by atoms with Crippen LogP contribution < -0.4 is 15.8 Å². The third-order valence-electron chi connectivity index (χ3n) is 3.17. The topological polar surface area (TPSA) is 99.8 Å². The van der Waals surface area contributed by atoms with Crippen molar-refractivity contribution in [3.63, 3.8) is 0 Å². The van der Waals surface area contributed by atoms with Gasteiger partial charge in [-0.15, -0.1) is 24.0 Å². The molecule has 1 rings (SSSR count). The van der Waals surface area contributed by atoms with Crippen LogP contribution in [0.25, 0.3) is 0 Å². The maximum atomic E-state index is 10.8. The fraction of sp³-hybridized carbons (Fsp3) is 0.909. The predicted octanol–water partition coefficient (Wildman–Crippen LogP) is -0.458. The van der Waals surface area contributed by atoms with Gasteiger partial charge in [0.05, 0.1) is 12.8 Å². The number of hydrogen-bond donors (Lipinski definition) is 3. The lowest BCUT2D eigenvalue weighted by Gasteiger charge is -2.20. The van der Waals surface area contributed by atoms with Crippen molar-refractivity contribution < 1.29 is 8.42 Å². The normalized spacial score (nSPS) is 20.7. The number of likely N-dealkylation sites (N-methyl/N-ethyl adjacent to an activating group) is 1. The lowest BCUT2D eigenvalue weighted by atomic mass is 10.2. The van der Waals surface area contributed by atoms with E-state index in [0.717, 1.165) is 19.3 Å². The summed E-state index contributed by atoms with van der Waals surface area (Å²) in [6.45, 7) is 5.78. The summed E-state index contributed by atoms with van der Waals surface area (Å²) < 4.78 is 24.1. The van der Waals surface area contributed by atoms with E-state index in [2.05, 4.69) is 26.9 Å².